The van der Waals surface area contributed by atoms with Crippen LogP contribution >= 0.6 is 0 Å². The molecule has 4 atom stereocenters. The molecule has 0 spiro atoms. The zero-order valence-electron chi connectivity index (χ0n) is 22.3. The second kappa shape index (κ2) is 10.7. The minimum Gasteiger partial charge on any atom is -0.395 e. The number of aromatic amines is 1. The molecule has 8 N–H and O–H groups in total. The van der Waals surface area contributed by atoms with E-state index in [1.807, 2.05) is 25.1 Å². The number of aromatic nitrogens is 6. The maximum absolute atomic E-state index is 10.7. The lowest BCUT2D eigenvalue weighted by molar-refractivity contribution is -0.0357. The number of anilines is 1. The van der Waals surface area contributed by atoms with Gasteiger partial charge in [0.05, 0.1) is 30.6 Å². The number of benzene rings is 1. The molecule has 0 amide bonds. The molecule has 0 radical (unpaired) electrons. The Labute approximate surface area is 230 Å². The van der Waals surface area contributed by atoms with Crippen LogP contribution in [0.15, 0.2) is 30.9 Å². The first-order valence-electron chi connectivity index (χ1n) is 13.7. The van der Waals surface area contributed by atoms with Gasteiger partial charge in [-0.1, -0.05) is 13.0 Å². The van der Waals surface area contributed by atoms with Crippen molar-refractivity contribution in [3.05, 3.63) is 42.2 Å². The molecule has 40 heavy (non-hydrogen) atoms. The van der Waals surface area contributed by atoms with Crippen molar-refractivity contribution in [1.82, 2.24) is 34.8 Å². The third-order valence-electron chi connectivity index (χ3n) is 8.56. The van der Waals surface area contributed by atoms with E-state index in [1.54, 1.807) is 4.57 Å². The average molecular weight is 553 g/mol. The van der Waals surface area contributed by atoms with E-state index in [1.165, 1.54) is 12.7 Å². The van der Waals surface area contributed by atoms with Gasteiger partial charge in [-0.15, -0.1) is 0 Å². The number of hydrogen-bond acceptors (Lipinski definition) is 11. The van der Waals surface area contributed by atoms with E-state index in [9.17, 15) is 20.4 Å². The van der Waals surface area contributed by atoms with Gasteiger partial charge >= 0.3 is 0 Å². The summed E-state index contributed by atoms with van der Waals surface area (Å²) in [5, 5.41) is 44.2. The minimum atomic E-state index is -1.13. The van der Waals surface area contributed by atoms with Gasteiger partial charge in [0.25, 0.3) is 0 Å². The van der Waals surface area contributed by atoms with Crippen LogP contribution in [0.25, 0.3) is 22.2 Å². The highest BCUT2D eigenvalue weighted by molar-refractivity contribution is 5.81. The predicted octanol–water partition coefficient (Wildman–Crippen LogP) is 0.147. The normalized spacial score (nSPS) is 27.0. The van der Waals surface area contributed by atoms with Crippen LogP contribution < -0.4 is 11.1 Å². The number of nitrogens with zero attached hydrogens (tertiary/aromatic N) is 5. The van der Waals surface area contributed by atoms with Gasteiger partial charge < -0.3 is 41.2 Å². The van der Waals surface area contributed by atoms with Crippen LogP contribution in [0.3, 0.4) is 0 Å². The van der Waals surface area contributed by atoms with Gasteiger partial charge in [-0.2, -0.15) is 0 Å². The molecule has 2 fully saturated rings. The molecule has 4 aromatic rings. The number of fused-ring (bicyclic) bond motifs is 2. The molecule has 6 rings (SSSR count). The van der Waals surface area contributed by atoms with Crippen molar-refractivity contribution in [1.29, 1.82) is 0 Å². The fourth-order valence-corrected chi connectivity index (χ4v) is 5.73. The fourth-order valence-electron chi connectivity index (χ4n) is 5.73. The topological polar surface area (TPSA) is 200 Å². The minimum absolute atomic E-state index is 0.132. The van der Waals surface area contributed by atoms with Crippen molar-refractivity contribution in [2.75, 3.05) is 25.5 Å². The molecule has 13 heteroatoms. The number of nitrogens with one attached hydrogen (secondary N) is 2. The summed E-state index contributed by atoms with van der Waals surface area (Å²) >= 11 is 0. The lowest BCUT2D eigenvalue weighted by Gasteiger charge is -2.36. The number of aryl methyl sites for hydroxylation is 1. The molecular formula is C27H36N8O5. The largest absolute Gasteiger partial charge is 0.395 e. The number of ether oxygens (including phenoxy) is 1. The van der Waals surface area contributed by atoms with Crippen LogP contribution in [-0.2, 0) is 16.6 Å². The molecule has 13 nitrogen and oxygen atoms in total. The highest BCUT2D eigenvalue weighted by Crippen LogP contribution is 2.34. The Balaban J connectivity index is 0.983. The summed E-state index contributed by atoms with van der Waals surface area (Å²) in [6, 6.07) is 6.12. The summed E-state index contributed by atoms with van der Waals surface area (Å²) in [4.78, 5) is 20.5. The van der Waals surface area contributed by atoms with E-state index < -0.39 is 30.0 Å². The number of nitrogen functional groups attached to an aromatic ring is 1. The Bertz CT molecular complexity index is 1480. The van der Waals surface area contributed by atoms with Gasteiger partial charge in [-0.25, -0.2) is 19.9 Å². The highest BCUT2D eigenvalue weighted by atomic mass is 16.6. The average Bonchev–Trinajstić information content (AvgIpc) is 3.63. The third-order valence-corrected chi connectivity index (χ3v) is 8.56. The van der Waals surface area contributed by atoms with Crippen LogP contribution in [-0.4, -0.2) is 94.0 Å². The molecule has 1 aromatic carbocycles. The number of imidazole rings is 2. The number of H-pyrrole nitrogens is 1. The summed E-state index contributed by atoms with van der Waals surface area (Å²) in [5.41, 5.74) is 8.70. The molecule has 214 valence electrons. The van der Waals surface area contributed by atoms with E-state index in [0.717, 1.165) is 48.1 Å². The molecule has 3 aromatic heterocycles. The van der Waals surface area contributed by atoms with Gasteiger partial charge in [0.2, 0.25) is 0 Å². The quantitative estimate of drug-likeness (QED) is 0.141. The maximum atomic E-state index is 10.7. The van der Waals surface area contributed by atoms with E-state index in [-0.39, 0.29) is 19.0 Å². The number of rotatable bonds is 10. The number of aliphatic hydroxyl groups excluding tert-OH is 4. The van der Waals surface area contributed by atoms with Crippen molar-refractivity contribution in [2.45, 2.75) is 68.6 Å². The summed E-state index contributed by atoms with van der Waals surface area (Å²) in [5.74, 6) is 1.75. The molecule has 0 bridgehead atoms. The second-order valence-electron chi connectivity index (χ2n) is 11.4. The molecule has 1 saturated heterocycles. The molecule has 1 aliphatic heterocycles. The summed E-state index contributed by atoms with van der Waals surface area (Å²) in [6.45, 7) is 1.99. The summed E-state index contributed by atoms with van der Waals surface area (Å²) in [7, 11) is 0. The Morgan fingerprint density at radius 2 is 1.95 bits per heavy atom. The van der Waals surface area contributed by atoms with Crippen molar-refractivity contribution >= 4 is 28.0 Å². The molecule has 1 aliphatic carbocycles. The number of aliphatic hydroxyl groups is 4. The lowest BCUT2D eigenvalue weighted by Crippen LogP contribution is -2.46. The monoisotopic (exact) mass is 552 g/mol. The van der Waals surface area contributed by atoms with Crippen molar-refractivity contribution in [3.8, 4) is 0 Å². The Kier molecular flexibility index (Phi) is 7.19. The number of hydrogen-bond donors (Lipinski definition) is 7. The standard InChI is InChI=1S/C27H36N8O5/c1-27(10-36,11-37)15-3-4-17-18(8-15)34-20(33-17)5-2-14-6-16(7-14)29-9-19-22(38)23(39)26(40-19)35-13-32-21-24(28)30-12-31-25(21)35/h3-4,8,12-14,16,19,22-23,26,29,36-39H,2,5-7,9-11H2,1H3,(H,33,34)(H2,28,30,31). The maximum Gasteiger partial charge on any atom is 0.167 e. The second-order valence-corrected chi connectivity index (χ2v) is 11.4. The molecule has 4 heterocycles. The number of nitrogens with two attached hydrogens (primary N) is 1. The van der Waals surface area contributed by atoms with Crippen LogP contribution in [0, 0.1) is 5.92 Å². The SMILES string of the molecule is CC(CO)(CO)c1ccc2nc(CCC3CC(NCC4OC(n5cnc6c(N)ncnc65)C(O)C4O)C3)[nH]c2c1. The van der Waals surface area contributed by atoms with E-state index in [0.29, 0.717) is 29.7 Å². The zero-order valence-corrected chi connectivity index (χ0v) is 22.3. The Hall–Kier alpha value is -3.20. The van der Waals surface area contributed by atoms with Gasteiger partial charge in [0, 0.05) is 24.4 Å². The van der Waals surface area contributed by atoms with Crippen molar-refractivity contribution in [2.24, 2.45) is 5.92 Å². The van der Waals surface area contributed by atoms with Crippen LogP contribution in [0.1, 0.15) is 43.8 Å². The lowest BCUT2D eigenvalue weighted by atomic mass is 9.77. The first-order chi connectivity index (χ1) is 19.3. The smallest absolute Gasteiger partial charge is 0.167 e. The van der Waals surface area contributed by atoms with Crippen molar-refractivity contribution < 1.29 is 25.2 Å². The highest BCUT2D eigenvalue weighted by Gasteiger charge is 2.44. The zero-order chi connectivity index (χ0) is 28.0. The van der Waals surface area contributed by atoms with Crippen LogP contribution in [0.4, 0.5) is 5.82 Å². The Morgan fingerprint density at radius 1 is 1.15 bits per heavy atom. The molecular weight excluding hydrogens is 516 g/mol. The Morgan fingerprint density at radius 3 is 2.73 bits per heavy atom. The van der Waals surface area contributed by atoms with Gasteiger partial charge in [-0.3, -0.25) is 4.57 Å². The van der Waals surface area contributed by atoms with Gasteiger partial charge in [-0.05, 0) is 42.9 Å². The predicted molar refractivity (Wildman–Crippen MR) is 146 cm³/mol. The molecule has 1 saturated carbocycles. The van der Waals surface area contributed by atoms with Crippen molar-refractivity contribution in [3.63, 3.8) is 0 Å². The van der Waals surface area contributed by atoms with Crippen LogP contribution in [0.5, 0.6) is 0 Å². The van der Waals surface area contributed by atoms with E-state index >= 15 is 0 Å². The van der Waals surface area contributed by atoms with Gasteiger partial charge in [0.15, 0.2) is 17.7 Å². The van der Waals surface area contributed by atoms with E-state index in [4.69, 9.17) is 15.5 Å². The summed E-state index contributed by atoms with van der Waals surface area (Å²) < 4.78 is 7.60. The molecule has 2 aliphatic rings. The fraction of sp³-hybridized carbons (Fsp3) is 0.556. The summed E-state index contributed by atoms with van der Waals surface area (Å²) in [6.07, 6.45) is 3.13. The van der Waals surface area contributed by atoms with Crippen LogP contribution in [0.2, 0.25) is 0 Å². The first-order valence-corrected chi connectivity index (χ1v) is 13.7. The molecule has 4 unspecified atom stereocenters. The first kappa shape index (κ1) is 27.0. The third kappa shape index (κ3) is 4.82. The van der Waals surface area contributed by atoms with Gasteiger partial charge in [0.1, 0.15) is 36.0 Å². The van der Waals surface area contributed by atoms with E-state index in [2.05, 4.69) is 25.3 Å².